The molecule has 2 fully saturated rings. The molecule has 1 amide bonds. The number of carbonyl (C=O) groups is 1. The lowest BCUT2D eigenvalue weighted by Gasteiger charge is -2.34. The predicted molar refractivity (Wildman–Crippen MR) is 109 cm³/mol. The summed E-state index contributed by atoms with van der Waals surface area (Å²) in [6.45, 7) is 9.07. The maximum Gasteiger partial charge on any atom is 0.253 e. The van der Waals surface area contributed by atoms with Crippen LogP contribution in [0.5, 0.6) is 0 Å². The lowest BCUT2D eigenvalue weighted by atomic mass is 9.94. The Morgan fingerprint density at radius 3 is 2.57 bits per heavy atom. The van der Waals surface area contributed by atoms with Crippen molar-refractivity contribution in [2.45, 2.75) is 51.0 Å². The van der Waals surface area contributed by atoms with Crippen molar-refractivity contribution in [3.8, 4) is 0 Å². The number of rotatable bonds is 5. The summed E-state index contributed by atoms with van der Waals surface area (Å²) in [7, 11) is -3.60. The van der Waals surface area contributed by atoms with Crippen LogP contribution in [-0.4, -0.2) is 62.4 Å². The van der Waals surface area contributed by atoms with Crippen LogP contribution in [-0.2, 0) is 14.8 Å². The van der Waals surface area contributed by atoms with Crippen LogP contribution < -0.4 is 0 Å². The summed E-state index contributed by atoms with van der Waals surface area (Å²) in [4.78, 5) is 15.0. The van der Waals surface area contributed by atoms with Crippen LogP contribution in [0.25, 0.3) is 0 Å². The molecule has 1 aromatic rings. The van der Waals surface area contributed by atoms with Crippen LogP contribution in [0.4, 0.5) is 0 Å². The Hall–Kier alpha value is -1.44. The number of sulfonamides is 1. The Morgan fingerprint density at radius 2 is 1.89 bits per heavy atom. The van der Waals surface area contributed by atoms with Crippen LogP contribution in [0.1, 0.15) is 50.4 Å². The standard InChI is InChI=1S/C21H32N2O4S/c1-4-27-19-8-6-10-22(15-19)21(24)18-7-5-9-20(12-18)28(25,26)23-13-16(2)11-17(3)14-23/h5,7,9,12,16-17,19H,4,6,8,10-11,13-15H2,1-3H3. The second kappa shape index (κ2) is 8.93. The molecule has 3 unspecified atom stereocenters. The van der Waals surface area contributed by atoms with E-state index in [-0.39, 0.29) is 16.9 Å². The zero-order valence-electron chi connectivity index (χ0n) is 17.1. The van der Waals surface area contributed by atoms with E-state index in [0.717, 1.165) is 19.3 Å². The third-order valence-electron chi connectivity index (χ3n) is 5.62. The molecule has 0 spiro atoms. The number of hydrogen-bond donors (Lipinski definition) is 0. The van der Waals surface area contributed by atoms with Gasteiger partial charge in [-0.15, -0.1) is 0 Å². The molecular weight excluding hydrogens is 376 g/mol. The van der Waals surface area contributed by atoms with Crippen molar-refractivity contribution < 1.29 is 17.9 Å². The number of nitrogens with zero attached hydrogens (tertiary/aromatic N) is 2. The molecular formula is C21H32N2O4S. The molecule has 0 N–H and O–H groups in total. The minimum atomic E-state index is -3.60. The van der Waals surface area contributed by atoms with E-state index in [2.05, 4.69) is 13.8 Å². The molecule has 2 aliphatic heterocycles. The van der Waals surface area contributed by atoms with Gasteiger partial charge in [-0.1, -0.05) is 19.9 Å². The van der Waals surface area contributed by atoms with Gasteiger partial charge in [0.05, 0.1) is 11.0 Å². The zero-order chi connectivity index (χ0) is 20.3. The van der Waals surface area contributed by atoms with E-state index in [9.17, 15) is 13.2 Å². The highest BCUT2D eigenvalue weighted by molar-refractivity contribution is 7.89. The molecule has 0 bridgehead atoms. The SMILES string of the molecule is CCOC1CCCN(C(=O)c2cccc(S(=O)(=O)N3CC(C)CC(C)C3)c2)C1. The molecule has 156 valence electrons. The summed E-state index contributed by atoms with van der Waals surface area (Å²) in [5.41, 5.74) is 0.427. The smallest absolute Gasteiger partial charge is 0.253 e. The second-order valence-corrected chi connectivity index (χ2v) is 10.2. The highest BCUT2D eigenvalue weighted by Gasteiger charge is 2.32. The molecule has 0 aliphatic carbocycles. The molecule has 0 saturated carbocycles. The van der Waals surface area contributed by atoms with Crippen molar-refractivity contribution in [2.75, 3.05) is 32.8 Å². The van der Waals surface area contributed by atoms with E-state index in [1.807, 2.05) is 6.92 Å². The van der Waals surface area contributed by atoms with Crippen molar-refractivity contribution in [2.24, 2.45) is 11.8 Å². The van der Waals surface area contributed by atoms with Crippen molar-refractivity contribution in [3.05, 3.63) is 29.8 Å². The van der Waals surface area contributed by atoms with Crippen LogP contribution in [0.2, 0.25) is 0 Å². The first-order chi connectivity index (χ1) is 13.3. The van der Waals surface area contributed by atoms with Gasteiger partial charge < -0.3 is 9.64 Å². The van der Waals surface area contributed by atoms with Gasteiger partial charge in [0, 0.05) is 38.3 Å². The number of ether oxygens (including phenoxy) is 1. The predicted octanol–water partition coefficient (Wildman–Crippen LogP) is 2.99. The molecule has 0 radical (unpaired) electrons. The fourth-order valence-electron chi connectivity index (χ4n) is 4.42. The van der Waals surface area contributed by atoms with Gasteiger partial charge in [-0.25, -0.2) is 8.42 Å². The molecule has 3 atom stereocenters. The maximum atomic E-state index is 13.1. The molecule has 2 saturated heterocycles. The van der Waals surface area contributed by atoms with Gasteiger partial charge >= 0.3 is 0 Å². The largest absolute Gasteiger partial charge is 0.377 e. The van der Waals surface area contributed by atoms with E-state index in [1.165, 1.54) is 6.07 Å². The average molecular weight is 409 g/mol. The quantitative estimate of drug-likeness (QED) is 0.751. The molecule has 6 nitrogen and oxygen atoms in total. The van der Waals surface area contributed by atoms with Gasteiger partial charge in [0.15, 0.2) is 0 Å². The van der Waals surface area contributed by atoms with Crippen LogP contribution in [0.15, 0.2) is 29.2 Å². The zero-order valence-corrected chi connectivity index (χ0v) is 18.0. The number of carbonyl (C=O) groups excluding carboxylic acids is 1. The highest BCUT2D eigenvalue weighted by Crippen LogP contribution is 2.27. The summed E-state index contributed by atoms with van der Waals surface area (Å²) in [5.74, 6) is 0.557. The molecule has 3 rings (SSSR count). The van der Waals surface area contributed by atoms with Gasteiger partial charge in [0.25, 0.3) is 5.91 Å². The van der Waals surface area contributed by atoms with Crippen molar-refractivity contribution >= 4 is 15.9 Å². The minimum Gasteiger partial charge on any atom is -0.377 e. The van der Waals surface area contributed by atoms with E-state index < -0.39 is 10.0 Å². The lowest BCUT2D eigenvalue weighted by Crippen LogP contribution is -2.43. The summed E-state index contributed by atoms with van der Waals surface area (Å²) in [6.07, 6.45) is 2.96. The number of hydrogen-bond acceptors (Lipinski definition) is 4. The highest BCUT2D eigenvalue weighted by atomic mass is 32.2. The summed E-state index contributed by atoms with van der Waals surface area (Å²) in [5, 5.41) is 0. The second-order valence-electron chi connectivity index (χ2n) is 8.27. The first-order valence-electron chi connectivity index (χ1n) is 10.3. The van der Waals surface area contributed by atoms with Gasteiger partial charge in [-0.05, 0) is 56.2 Å². The molecule has 2 heterocycles. The van der Waals surface area contributed by atoms with Crippen molar-refractivity contribution in [3.63, 3.8) is 0 Å². The number of amides is 1. The van der Waals surface area contributed by atoms with Gasteiger partial charge in [-0.3, -0.25) is 4.79 Å². The fourth-order valence-corrected chi connectivity index (χ4v) is 6.14. The van der Waals surface area contributed by atoms with Crippen LogP contribution in [0, 0.1) is 11.8 Å². The normalized spacial score (nSPS) is 27.0. The van der Waals surface area contributed by atoms with Gasteiger partial charge in [-0.2, -0.15) is 4.31 Å². The fraction of sp³-hybridized carbons (Fsp3) is 0.667. The molecule has 28 heavy (non-hydrogen) atoms. The monoisotopic (exact) mass is 408 g/mol. The molecule has 0 aromatic heterocycles. The lowest BCUT2D eigenvalue weighted by molar-refractivity contribution is 0.00723. The topological polar surface area (TPSA) is 66.9 Å². The van der Waals surface area contributed by atoms with E-state index in [1.54, 1.807) is 27.4 Å². The van der Waals surface area contributed by atoms with Gasteiger partial charge in [0.1, 0.15) is 0 Å². The Morgan fingerprint density at radius 1 is 1.18 bits per heavy atom. The third-order valence-corrected chi connectivity index (χ3v) is 7.45. The Balaban J connectivity index is 1.79. The Labute approximate surface area is 168 Å². The number of benzene rings is 1. The molecule has 2 aliphatic rings. The van der Waals surface area contributed by atoms with E-state index in [0.29, 0.717) is 50.2 Å². The average Bonchev–Trinajstić information content (AvgIpc) is 2.67. The van der Waals surface area contributed by atoms with Gasteiger partial charge in [0.2, 0.25) is 10.0 Å². The first kappa shape index (κ1) is 21.3. The number of likely N-dealkylation sites (tertiary alicyclic amines) is 1. The van der Waals surface area contributed by atoms with Crippen molar-refractivity contribution in [1.29, 1.82) is 0 Å². The van der Waals surface area contributed by atoms with Crippen LogP contribution >= 0.6 is 0 Å². The Bertz CT molecular complexity index is 783. The Kier molecular flexibility index (Phi) is 6.78. The summed E-state index contributed by atoms with van der Waals surface area (Å²) >= 11 is 0. The number of piperidine rings is 2. The van der Waals surface area contributed by atoms with Crippen LogP contribution in [0.3, 0.4) is 0 Å². The first-order valence-corrected chi connectivity index (χ1v) is 11.8. The molecule has 1 aromatic carbocycles. The van der Waals surface area contributed by atoms with E-state index >= 15 is 0 Å². The summed E-state index contributed by atoms with van der Waals surface area (Å²) < 4.78 is 33.5. The van der Waals surface area contributed by atoms with E-state index in [4.69, 9.17) is 4.74 Å². The van der Waals surface area contributed by atoms with Crippen molar-refractivity contribution in [1.82, 2.24) is 9.21 Å². The summed E-state index contributed by atoms with van der Waals surface area (Å²) in [6, 6.07) is 6.50. The third kappa shape index (κ3) is 4.75. The molecule has 7 heteroatoms. The minimum absolute atomic E-state index is 0.0611. The maximum absolute atomic E-state index is 13.1.